The van der Waals surface area contributed by atoms with Crippen molar-refractivity contribution >= 4 is 11.8 Å². The Kier molecular flexibility index (Phi) is 8.49. The number of nitrogens with one attached hydrogen (secondary N) is 2. The normalized spacial score (nSPS) is 15.4. The highest BCUT2D eigenvalue weighted by Gasteiger charge is 2.21. The maximum Gasteiger partial charge on any atom is 0.251 e. The third-order valence-corrected chi connectivity index (χ3v) is 7.09. The van der Waals surface area contributed by atoms with Crippen molar-refractivity contribution in [1.29, 1.82) is 0 Å². The largest absolute Gasteiger partial charge is 0.352 e. The van der Waals surface area contributed by atoms with Gasteiger partial charge in [-0.25, -0.2) is 0 Å². The summed E-state index contributed by atoms with van der Waals surface area (Å²) < 4.78 is 0. The molecule has 0 bridgehead atoms. The molecule has 1 aliphatic heterocycles. The molecule has 2 N–H and O–H groups in total. The summed E-state index contributed by atoms with van der Waals surface area (Å²) in [7, 11) is 0. The van der Waals surface area contributed by atoms with Gasteiger partial charge in [0.25, 0.3) is 11.8 Å². The van der Waals surface area contributed by atoms with Crippen LogP contribution in [0.15, 0.2) is 73.1 Å². The predicted octanol–water partition coefficient (Wildman–Crippen LogP) is 5.58. The number of nitrogens with zero attached hydrogens (tertiary/aromatic N) is 2. The molecule has 6 nitrogen and oxygen atoms in total. The number of aromatic nitrogens is 1. The molecule has 2 aromatic carbocycles. The highest BCUT2D eigenvalue weighted by Crippen LogP contribution is 2.21. The molecule has 192 valence electrons. The number of carbonyl (C=O) groups excluding carboxylic acids is 2. The van der Waals surface area contributed by atoms with Crippen LogP contribution in [0, 0.1) is 5.92 Å². The van der Waals surface area contributed by atoms with Crippen molar-refractivity contribution in [2.24, 2.45) is 5.92 Å². The summed E-state index contributed by atoms with van der Waals surface area (Å²) in [4.78, 5) is 32.2. The molecular formula is C30H40N4O2. The van der Waals surface area contributed by atoms with E-state index in [-0.39, 0.29) is 20.7 Å². The average Bonchev–Trinajstić information content (AvgIpc) is 2.92. The molecule has 1 aliphatic rings. The zero-order chi connectivity index (χ0) is 25.5. The highest BCUT2D eigenvalue weighted by atomic mass is 16.2. The van der Waals surface area contributed by atoms with Gasteiger partial charge in [0.05, 0.1) is 6.04 Å². The Morgan fingerprint density at radius 2 is 1.58 bits per heavy atom. The van der Waals surface area contributed by atoms with Crippen LogP contribution in [-0.2, 0) is 0 Å². The van der Waals surface area contributed by atoms with Crippen LogP contribution in [0.1, 0.15) is 68.8 Å². The Hall–Kier alpha value is -3.51. The van der Waals surface area contributed by atoms with Gasteiger partial charge in [-0.15, -0.1) is 0 Å². The number of amides is 2. The van der Waals surface area contributed by atoms with Gasteiger partial charge in [0, 0.05) is 39.0 Å². The molecule has 0 spiro atoms. The lowest BCUT2D eigenvalue weighted by Gasteiger charge is -2.34. The molecule has 1 saturated heterocycles. The fourth-order valence-electron chi connectivity index (χ4n) is 4.68. The van der Waals surface area contributed by atoms with Crippen LogP contribution < -0.4 is 10.6 Å². The molecule has 0 radical (unpaired) electrons. The second kappa shape index (κ2) is 12.0. The van der Waals surface area contributed by atoms with Crippen molar-refractivity contribution in [2.45, 2.75) is 45.7 Å². The number of pyridine rings is 1. The maximum absolute atomic E-state index is 12.8. The van der Waals surface area contributed by atoms with Gasteiger partial charge in [-0.2, -0.15) is 0 Å². The fourth-order valence-corrected chi connectivity index (χ4v) is 4.68. The first kappa shape index (κ1) is 25.6. The summed E-state index contributed by atoms with van der Waals surface area (Å²) in [5, 5.41) is 6.16. The van der Waals surface area contributed by atoms with Gasteiger partial charge in [0.2, 0.25) is 0 Å². The summed E-state index contributed by atoms with van der Waals surface area (Å²) in [5.41, 5.74) is 4.20. The van der Waals surface area contributed by atoms with Crippen molar-refractivity contribution in [3.63, 3.8) is 0 Å². The Labute approximate surface area is 217 Å². The molecule has 6 heteroatoms. The van der Waals surface area contributed by atoms with E-state index in [0.717, 1.165) is 42.6 Å². The number of likely N-dealkylation sites (tertiary alicyclic amines) is 1. The number of hydrogen-bond donors (Lipinski definition) is 2. The molecule has 36 heavy (non-hydrogen) atoms. The van der Waals surface area contributed by atoms with Crippen molar-refractivity contribution in [1.82, 2.24) is 20.5 Å². The zero-order valence-electron chi connectivity index (χ0n) is 21.4. The quantitative estimate of drug-likeness (QED) is 0.434. The van der Waals surface area contributed by atoms with Gasteiger partial charge in [0.15, 0.2) is 0 Å². The Balaban J connectivity index is 0.00000253. The van der Waals surface area contributed by atoms with Gasteiger partial charge in [-0.05, 0) is 106 Å². The van der Waals surface area contributed by atoms with Crippen LogP contribution in [-0.4, -0.2) is 47.4 Å². The summed E-state index contributed by atoms with van der Waals surface area (Å²) in [6.07, 6.45) is 5.74. The lowest BCUT2D eigenvalue weighted by molar-refractivity contribution is 0.0927. The van der Waals surface area contributed by atoms with Gasteiger partial charge in [-0.3, -0.25) is 14.6 Å². The van der Waals surface area contributed by atoms with E-state index >= 15 is 0 Å². The highest BCUT2D eigenvalue weighted by molar-refractivity contribution is 5.95. The van der Waals surface area contributed by atoms with Crippen LogP contribution in [0.5, 0.6) is 0 Å². The Morgan fingerprint density at radius 1 is 0.917 bits per heavy atom. The molecule has 0 saturated carbocycles. The number of carbonyl (C=O) groups is 2. The lowest BCUT2D eigenvalue weighted by atomic mass is 9.96. The van der Waals surface area contributed by atoms with Crippen LogP contribution >= 0.6 is 0 Å². The molecule has 2 amide bonds. The van der Waals surface area contributed by atoms with Gasteiger partial charge < -0.3 is 15.5 Å². The van der Waals surface area contributed by atoms with Gasteiger partial charge >= 0.3 is 0 Å². The fraction of sp³-hybridized carbons (Fsp3) is 0.367. The van der Waals surface area contributed by atoms with Crippen molar-refractivity contribution in [3.05, 3.63) is 89.7 Å². The third-order valence-electron chi connectivity index (χ3n) is 7.09. The van der Waals surface area contributed by atoms with E-state index in [4.69, 9.17) is 0 Å². The van der Waals surface area contributed by atoms with Crippen molar-refractivity contribution < 1.29 is 12.4 Å². The lowest BCUT2D eigenvalue weighted by Crippen LogP contribution is -2.41. The molecule has 2 heterocycles. The number of benzene rings is 2. The van der Waals surface area contributed by atoms with E-state index in [9.17, 15) is 9.59 Å². The first-order valence-corrected chi connectivity index (χ1v) is 12.8. The van der Waals surface area contributed by atoms with E-state index in [1.807, 2.05) is 67.6 Å². The SMILES string of the molecule is CC(C)N1CCC(CNC(=O)c2cccc([C@@H](C)NC(=O)c3ccc(-c4ccncc4)cc3)c2)CC1.[HH].[HH]. The van der Waals surface area contributed by atoms with Crippen LogP contribution in [0.3, 0.4) is 0 Å². The summed E-state index contributed by atoms with van der Waals surface area (Å²) in [6.45, 7) is 9.30. The van der Waals surface area contributed by atoms with Gasteiger partial charge in [-0.1, -0.05) is 24.3 Å². The molecule has 1 atom stereocenters. The van der Waals surface area contributed by atoms with Crippen molar-refractivity contribution in [2.75, 3.05) is 19.6 Å². The molecule has 3 aromatic rings. The minimum atomic E-state index is -0.231. The van der Waals surface area contributed by atoms with Crippen LogP contribution in [0.2, 0.25) is 0 Å². The van der Waals surface area contributed by atoms with E-state index in [2.05, 4.69) is 34.4 Å². The molecule has 1 fully saturated rings. The monoisotopic (exact) mass is 488 g/mol. The maximum atomic E-state index is 12.8. The minimum Gasteiger partial charge on any atom is -0.352 e. The second-order valence-corrected chi connectivity index (χ2v) is 9.92. The minimum absolute atomic E-state index is 0. The zero-order valence-corrected chi connectivity index (χ0v) is 21.4. The average molecular weight is 489 g/mol. The second-order valence-electron chi connectivity index (χ2n) is 9.92. The first-order chi connectivity index (χ1) is 17.4. The topological polar surface area (TPSA) is 74.3 Å². The molecular weight excluding hydrogens is 448 g/mol. The molecule has 1 aromatic heterocycles. The Bertz CT molecular complexity index is 1160. The summed E-state index contributed by atoms with van der Waals surface area (Å²) in [5.74, 6) is 0.315. The smallest absolute Gasteiger partial charge is 0.251 e. The van der Waals surface area contributed by atoms with Gasteiger partial charge in [0.1, 0.15) is 0 Å². The summed E-state index contributed by atoms with van der Waals surface area (Å²) >= 11 is 0. The number of hydrogen-bond acceptors (Lipinski definition) is 4. The predicted molar refractivity (Wildman–Crippen MR) is 148 cm³/mol. The number of rotatable bonds is 8. The standard InChI is InChI=1S/C30H36N4O2.2H2/c1-21(2)34-17-13-23(14-18-34)20-32-29(35)28-6-4-5-27(19-28)22(3)33-30(36)26-9-7-24(8-10-26)25-11-15-31-16-12-25;;/h4-12,15-16,19,21-23H,13-14,17-18,20H2,1-3H3,(H,32,35)(H,33,36);2*1H/t22-;;/m1../s1. The van der Waals surface area contributed by atoms with E-state index < -0.39 is 0 Å². The summed E-state index contributed by atoms with van der Waals surface area (Å²) in [6, 6.07) is 19.3. The Morgan fingerprint density at radius 3 is 2.25 bits per heavy atom. The molecule has 0 unspecified atom stereocenters. The number of piperidine rings is 1. The van der Waals surface area contributed by atoms with Crippen LogP contribution in [0.25, 0.3) is 11.1 Å². The van der Waals surface area contributed by atoms with Crippen LogP contribution in [0.4, 0.5) is 0 Å². The third kappa shape index (κ3) is 6.58. The molecule has 4 rings (SSSR count). The molecule has 0 aliphatic carbocycles. The van der Waals surface area contributed by atoms with E-state index in [1.54, 1.807) is 12.4 Å². The van der Waals surface area contributed by atoms with Crippen molar-refractivity contribution in [3.8, 4) is 11.1 Å². The van der Waals surface area contributed by atoms with E-state index in [0.29, 0.717) is 29.6 Å². The first-order valence-electron chi connectivity index (χ1n) is 12.8. The van der Waals surface area contributed by atoms with E-state index in [1.165, 1.54) is 0 Å².